The number of aromatic nitrogens is 4. The average Bonchev–Trinajstić information content (AvgIpc) is 2.52. The fourth-order valence-electron chi connectivity index (χ4n) is 1.15. The summed E-state index contributed by atoms with van der Waals surface area (Å²) in [6.45, 7) is 3.87. The van der Waals surface area contributed by atoms with E-state index in [9.17, 15) is 0 Å². The molecule has 0 aliphatic heterocycles. The second kappa shape index (κ2) is 2.97. The third kappa shape index (κ3) is 1.56. The number of hydrogen-bond donors (Lipinski definition) is 0. The van der Waals surface area contributed by atoms with Crippen molar-refractivity contribution in [1.29, 1.82) is 0 Å². The molecule has 4 heteroatoms. The minimum absolute atomic E-state index is 0.912. The lowest BCUT2D eigenvalue weighted by atomic mass is 10.3. The average molecular weight is 174 g/mol. The largest absolute Gasteiger partial charge is 0.261 e. The molecule has 0 radical (unpaired) electrons. The minimum Gasteiger partial charge on any atom is -0.261 e. The Hall–Kier alpha value is -1.71. The smallest absolute Gasteiger partial charge is 0.0800 e. The molecule has 66 valence electrons. The van der Waals surface area contributed by atoms with Crippen molar-refractivity contribution in [2.75, 3.05) is 0 Å². The van der Waals surface area contributed by atoms with Gasteiger partial charge < -0.3 is 0 Å². The van der Waals surface area contributed by atoms with E-state index in [0.29, 0.717) is 0 Å². The first-order chi connectivity index (χ1) is 6.25. The molecular formula is C9H10N4. The van der Waals surface area contributed by atoms with E-state index < -0.39 is 0 Å². The maximum absolute atomic E-state index is 4.11. The highest BCUT2D eigenvalue weighted by Gasteiger charge is 1.98. The molecule has 13 heavy (non-hydrogen) atoms. The van der Waals surface area contributed by atoms with Gasteiger partial charge in [-0.3, -0.25) is 4.98 Å². The first kappa shape index (κ1) is 7.91. The van der Waals surface area contributed by atoms with E-state index in [0.717, 1.165) is 17.1 Å². The fraction of sp³-hybridized carbons (Fsp3) is 0.222. The Labute approximate surface area is 76.2 Å². The van der Waals surface area contributed by atoms with Crippen LogP contribution in [0.25, 0.3) is 5.69 Å². The summed E-state index contributed by atoms with van der Waals surface area (Å²) in [7, 11) is 0. The summed E-state index contributed by atoms with van der Waals surface area (Å²) in [5.74, 6) is 0. The number of pyridine rings is 1. The van der Waals surface area contributed by atoms with E-state index in [4.69, 9.17) is 0 Å². The van der Waals surface area contributed by atoms with Gasteiger partial charge in [0.2, 0.25) is 0 Å². The SMILES string of the molecule is Cc1cc(-n2cc(C)nn2)ccn1. The van der Waals surface area contributed by atoms with E-state index >= 15 is 0 Å². The minimum atomic E-state index is 0.912. The molecule has 2 aromatic heterocycles. The normalized spacial score (nSPS) is 10.3. The standard InChI is InChI=1S/C9H10N4/c1-7-5-9(3-4-10-7)13-6-8(2)11-12-13/h3-6H,1-2H3. The number of rotatable bonds is 1. The van der Waals surface area contributed by atoms with Crippen LogP contribution in [-0.2, 0) is 0 Å². The van der Waals surface area contributed by atoms with Gasteiger partial charge in [-0.15, -0.1) is 5.10 Å². The van der Waals surface area contributed by atoms with Gasteiger partial charge in [0.1, 0.15) is 0 Å². The molecule has 0 bridgehead atoms. The van der Waals surface area contributed by atoms with Crippen molar-refractivity contribution < 1.29 is 0 Å². The van der Waals surface area contributed by atoms with Crippen LogP contribution in [0.3, 0.4) is 0 Å². The lowest BCUT2D eigenvalue weighted by molar-refractivity contribution is 0.798. The zero-order valence-electron chi connectivity index (χ0n) is 7.60. The third-order valence-corrected chi connectivity index (χ3v) is 1.75. The summed E-state index contributed by atoms with van der Waals surface area (Å²) >= 11 is 0. The Kier molecular flexibility index (Phi) is 1.81. The predicted molar refractivity (Wildman–Crippen MR) is 48.6 cm³/mol. The second-order valence-corrected chi connectivity index (χ2v) is 2.96. The summed E-state index contributed by atoms with van der Waals surface area (Å²) in [5.41, 5.74) is 2.88. The Morgan fingerprint density at radius 3 is 2.69 bits per heavy atom. The predicted octanol–water partition coefficient (Wildman–Crippen LogP) is 1.28. The molecule has 0 N–H and O–H groups in total. The van der Waals surface area contributed by atoms with Crippen LogP contribution >= 0.6 is 0 Å². The van der Waals surface area contributed by atoms with Crippen LogP contribution in [0.4, 0.5) is 0 Å². The summed E-state index contributed by atoms with van der Waals surface area (Å²) in [5, 5.41) is 7.88. The highest BCUT2D eigenvalue weighted by Crippen LogP contribution is 2.06. The van der Waals surface area contributed by atoms with Crippen molar-refractivity contribution in [3.05, 3.63) is 35.9 Å². The molecule has 0 saturated carbocycles. The van der Waals surface area contributed by atoms with E-state index in [2.05, 4.69) is 15.3 Å². The zero-order chi connectivity index (χ0) is 9.26. The van der Waals surface area contributed by atoms with Gasteiger partial charge in [-0.2, -0.15) is 0 Å². The van der Waals surface area contributed by atoms with Crippen LogP contribution in [-0.4, -0.2) is 20.0 Å². The lowest BCUT2D eigenvalue weighted by Crippen LogP contribution is -1.95. The van der Waals surface area contributed by atoms with Gasteiger partial charge in [0.15, 0.2) is 0 Å². The molecule has 0 amide bonds. The second-order valence-electron chi connectivity index (χ2n) is 2.96. The van der Waals surface area contributed by atoms with Crippen LogP contribution in [0.15, 0.2) is 24.5 Å². The quantitative estimate of drug-likeness (QED) is 0.654. The van der Waals surface area contributed by atoms with Gasteiger partial charge >= 0.3 is 0 Å². The van der Waals surface area contributed by atoms with Crippen molar-refractivity contribution in [1.82, 2.24) is 20.0 Å². The highest BCUT2D eigenvalue weighted by molar-refractivity contribution is 5.30. The molecule has 0 aromatic carbocycles. The van der Waals surface area contributed by atoms with Gasteiger partial charge in [0, 0.05) is 11.9 Å². The van der Waals surface area contributed by atoms with Crippen LogP contribution in [0.2, 0.25) is 0 Å². The molecule has 0 saturated heterocycles. The van der Waals surface area contributed by atoms with Crippen molar-refractivity contribution in [2.24, 2.45) is 0 Å². The van der Waals surface area contributed by atoms with Gasteiger partial charge in [-0.1, -0.05) is 5.21 Å². The maximum atomic E-state index is 4.11. The molecule has 2 heterocycles. The van der Waals surface area contributed by atoms with Gasteiger partial charge in [-0.25, -0.2) is 4.68 Å². The summed E-state index contributed by atoms with van der Waals surface area (Å²) in [4.78, 5) is 4.11. The maximum Gasteiger partial charge on any atom is 0.0800 e. The Morgan fingerprint density at radius 1 is 1.23 bits per heavy atom. The first-order valence-corrected chi connectivity index (χ1v) is 4.08. The third-order valence-electron chi connectivity index (χ3n) is 1.75. The first-order valence-electron chi connectivity index (χ1n) is 4.08. The molecule has 2 rings (SSSR count). The molecule has 0 unspecified atom stereocenters. The van der Waals surface area contributed by atoms with Crippen LogP contribution < -0.4 is 0 Å². The number of hydrogen-bond acceptors (Lipinski definition) is 3. The van der Waals surface area contributed by atoms with Crippen molar-refractivity contribution >= 4 is 0 Å². The van der Waals surface area contributed by atoms with E-state index in [1.807, 2.05) is 32.2 Å². The molecule has 4 nitrogen and oxygen atoms in total. The summed E-state index contributed by atoms with van der Waals surface area (Å²) in [6, 6.07) is 3.87. The summed E-state index contributed by atoms with van der Waals surface area (Å²) < 4.78 is 1.74. The van der Waals surface area contributed by atoms with Gasteiger partial charge in [0.05, 0.1) is 17.6 Å². The van der Waals surface area contributed by atoms with Crippen LogP contribution in [0.1, 0.15) is 11.4 Å². The van der Waals surface area contributed by atoms with E-state index in [1.54, 1.807) is 10.9 Å². The molecular weight excluding hydrogens is 164 g/mol. The van der Waals surface area contributed by atoms with Crippen LogP contribution in [0, 0.1) is 13.8 Å². The molecule has 0 aliphatic carbocycles. The topological polar surface area (TPSA) is 43.6 Å². The van der Waals surface area contributed by atoms with Gasteiger partial charge in [-0.05, 0) is 26.0 Å². The molecule has 0 aliphatic rings. The summed E-state index contributed by atoms with van der Waals surface area (Å²) in [6.07, 6.45) is 3.65. The van der Waals surface area contributed by atoms with E-state index in [-0.39, 0.29) is 0 Å². The fourth-order valence-corrected chi connectivity index (χ4v) is 1.15. The molecule has 0 atom stereocenters. The monoisotopic (exact) mass is 174 g/mol. The van der Waals surface area contributed by atoms with Crippen molar-refractivity contribution in [3.8, 4) is 5.69 Å². The molecule has 2 aromatic rings. The van der Waals surface area contributed by atoms with Crippen molar-refractivity contribution in [2.45, 2.75) is 13.8 Å². The number of nitrogens with zero attached hydrogens (tertiary/aromatic N) is 4. The molecule has 0 fully saturated rings. The Balaban J connectivity index is 2.46. The Morgan fingerprint density at radius 2 is 2.08 bits per heavy atom. The highest BCUT2D eigenvalue weighted by atomic mass is 15.4. The Bertz CT molecular complexity index is 419. The number of aryl methyl sites for hydroxylation is 2. The molecule has 0 spiro atoms. The zero-order valence-corrected chi connectivity index (χ0v) is 7.60. The van der Waals surface area contributed by atoms with Crippen LogP contribution in [0.5, 0.6) is 0 Å². The van der Waals surface area contributed by atoms with Gasteiger partial charge in [0.25, 0.3) is 0 Å². The lowest BCUT2D eigenvalue weighted by Gasteiger charge is -1.99. The van der Waals surface area contributed by atoms with Crippen molar-refractivity contribution in [3.63, 3.8) is 0 Å². The van der Waals surface area contributed by atoms with E-state index in [1.165, 1.54) is 0 Å².